The first kappa shape index (κ1) is 9.16. The van der Waals surface area contributed by atoms with E-state index in [2.05, 4.69) is 12.6 Å². The van der Waals surface area contributed by atoms with Crippen molar-refractivity contribution in [1.29, 1.82) is 0 Å². The second-order valence-corrected chi connectivity index (χ2v) is 3.55. The predicted octanol–water partition coefficient (Wildman–Crippen LogP) is 3.35. The first-order valence-electron chi connectivity index (χ1n) is 4.35. The van der Waals surface area contributed by atoms with Gasteiger partial charge in [0, 0.05) is 4.90 Å². The predicted molar refractivity (Wildman–Crippen MR) is 60.8 cm³/mol. The van der Waals surface area contributed by atoms with Gasteiger partial charge < -0.3 is 5.11 Å². The van der Waals surface area contributed by atoms with Crippen LogP contribution in [-0.2, 0) is 0 Å². The molecule has 0 aliphatic heterocycles. The zero-order chi connectivity index (χ0) is 9.97. The van der Waals surface area contributed by atoms with Gasteiger partial charge in [-0.1, -0.05) is 30.3 Å². The zero-order valence-corrected chi connectivity index (χ0v) is 8.41. The summed E-state index contributed by atoms with van der Waals surface area (Å²) >= 11 is 4.36. The molecule has 2 aromatic rings. The molecule has 0 aliphatic carbocycles. The first-order valence-corrected chi connectivity index (χ1v) is 4.79. The Morgan fingerprint density at radius 2 is 1.71 bits per heavy atom. The maximum absolute atomic E-state index is 9.34. The van der Waals surface area contributed by atoms with Crippen molar-refractivity contribution in [3.05, 3.63) is 48.5 Å². The van der Waals surface area contributed by atoms with E-state index in [0.29, 0.717) is 0 Å². The molecular formula is C12H10OS. The Labute approximate surface area is 88.4 Å². The van der Waals surface area contributed by atoms with Gasteiger partial charge in [-0.25, -0.2) is 0 Å². The lowest BCUT2D eigenvalue weighted by atomic mass is 10.1. The number of aromatic hydroxyl groups is 1. The van der Waals surface area contributed by atoms with Crippen molar-refractivity contribution in [2.75, 3.05) is 0 Å². The largest absolute Gasteiger partial charge is 0.508 e. The molecule has 0 radical (unpaired) electrons. The van der Waals surface area contributed by atoms with Gasteiger partial charge in [-0.05, 0) is 29.3 Å². The average Bonchev–Trinajstić information content (AvgIpc) is 2.18. The minimum atomic E-state index is 0.277. The van der Waals surface area contributed by atoms with Crippen molar-refractivity contribution in [2.45, 2.75) is 4.90 Å². The third-order valence-corrected chi connectivity index (χ3v) is 2.45. The van der Waals surface area contributed by atoms with E-state index >= 15 is 0 Å². The summed E-state index contributed by atoms with van der Waals surface area (Å²) in [4.78, 5) is 0.915. The molecule has 0 heterocycles. The summed E-state index contributed by atoms with van der Waals surface area (Å²) in [5.74, 6) is 0.277. The molecule has 0 saturated carbocycles. The standard InChI is InChI=1S/C12H10OS/c13-10-5-3-4-9(8-10)11-6-1-2-7-12(11)14/h1-8,13-14H. The normalized spacial score (nSPS) is 10.1. The van der Waals surface area contributed by atoms with Gasteiger partial charge in [0.25, 0.3) is 0 Å². The lowest BCUT2D eigenvalue weighted by Crippen LogP contribution is -1.78. The SMILES string of the molecule is Oc1cccc(-c2ccccc2S)c1. The van der Waals surface area contributed by atoms with Crippen LogP contribution in [0.1, 0.15) is 0 Å². The van der Waals surface area contributed by atoms with E-state index in [1.165, 1.54) is 0 Å². The van der Waals surface area contributed by atoms with Crippen LogP contribution in [0.4, 0.5) is 0 Å². The van der Waals surface area contributed by atoms with E-state index in [0.717, 1.165) is 16.0 Å². The third-order valence-electron chi connectivity index (χ3n) is 2.06. The Morgan fingerprint density at radius 1 is 0.929 bits per heavy atom. The maximum Gasteiger partial charge on any atom is 0.116 e. The molecular weight excluding hydrogens is 192 g/mol. The van der Waals surface area contributed by atoms with E-state index < -0.39 is 0 Å². The van der Waals surface area contributed by atoms with Crippen molar-refractivity contribution in [3.63, 3.8) is 0 Å². The van der Waals surface area contributed by atoms with Crippen LogP contribution in [0.2, 0.25) is 0 Å². The number of hydrogen-bond acceptors (Lipinski definition) is 2. The summed E-state index contributed by atoms with van der Waals surface area (Å²) in [6.45, 7) is 0. The van der Waals surface area contributed by atoms with Crippen LogP contribution in [0.15, 0.2) is 53.4 Å². The summed E-state index contributed by atoms with van der Waals surface area (Å²) in [6.07, 6.45) is 0. The van der Waals surface area contributed by atoms with Crippen LogP contribution < -0.4 is 0 Å². The van der Waals surface area contributed by atoms with Crippen molar-refractivity contribution in [2.24, 2.45) is 0 Å². The highest BCUT2D eigenvalue weighted by Gasteiger charge is 2.01. The highest BCUT2D eigenvalue weighted by atomic mass is 32.1. The maximum atomic E-state index is 9.34. The minimum absolute atomic E-state index is 0.277. The van der Waals surface area contributed by atoms with Gasteiger partial charge in [0.15, 0.2) is 0 Å². The Balaban J connectivity index is 2.55. The quantitative estimate of drug-likeness (QED) is 0.679. The van der Waals surface area contributed by atoms with Gasteiger partial charge >= 0.3 is 0 Å². The molecule has 0 amide bonds. The number of phenols is 1. The Kier molecular flexibility index (Phi) is 2.46. The fourth-order valence-corrected chi connectivity index (χ4v) is 1.68. The van der Waals surface area contributed by atoms with Crippen molar-refractivity contribution < 1.29 is 5.11 Å². The minimum Gasteiger partial charge on any atom is -0.508 e. The lowest BCUT2D eigenvalue weighted by Gasteiger charge is -2.04. The number of benzene rings is 2. The fraction of sp³-hybridized carbons (Fsp3) is 0. The van der Waals surface area contributed by atoms with Crippen molar-refractivity contribution >= 4 is 12.6 Å². The van der Waals surface area contributed by atoms with Gasteiger partial charge in [-0.15, -0.1) is 12.6 Å². The van der Waals surface area contributed by atoms with Crippen LogP contribution in [0.25, 0.3) is 11.1 Å². The molecule has 2 aromatic carbocycles. The van der Waals surface area contributed by atoms with E-state index in [1.807, 2.05) is 36.4 Å². The molecule has 0 fully saturated rings. The molecule has 0 aromatic heterocycles. The van der Waals surface area contributed by atoms with Crippen molar-refractivity contribution in [3.8, 4) is 16.9 Å². The van der Waals surface area contributed by atoms with Gasteiger partial charge in [-0.2, -0.15) is 0 Å². The molecule has 70 valence electrons. The summed E-state index contributed by atoms with van der Waals surface area (Å²) in [7, 11) is 0. The van der Waals surface area contributed by atoms with Crippen LogP contribution in [0.5, 0.6) is 5.75 Å². The van der Waals surface area contributed by atoms with E-state index in [-0.39, 0.29) is 5.75 Å². The monoisotopic (exact) mass is 202 g/mol. The molecule has 2 heteroatoms. The molecule has 2 rings (SSSR count). The van der Waals surface area contributed by atoms with E-state index in [4.69, 9.17) is 0 Å². The van der Waals surface area contributed by atoms with Gasteiger partial charge in [-0.3, -0.25) is 0 Å². The van der Waals surface area contributed by atoms with Crippen LogP contribution in [-0.4, -0.2) is 5.11 Å². The fourth-order valence-electron chi connectivity index (χ4n) is 1.39. The molecule has 0 aliphatic rings. The number of rotatable bonds is 1. The Bertz CT molecular complexity index is 452. The molecule has 0 unspecified atom stereocenters. The van der Waals surface area contributed by atoms with Gasteiger partial charge in [0.1, 0.15) is 5.75 Å². The highest BCUT2D eigenvalue weighted by Crippen LogP contribution is 2.28. The summed E-state index contributed by atoms with van der Waals surface area (Å²) in [6, 6.07) is 15.0. The topological polar surface area (TPSA) is 20.2 Å². The summed E-state index contributed by atoms with van der Waals surface area (Å²) in [5, 5.41) is 9.34. The molecule has 0 spiro atoms. The molecule has 0 bridgehead atoms. The van der Waals surface area contributed by atoms with E-state index in [1.54, 1.807) is 12.1 Å². The second-order valence-electron chi connectivity index (χ2n) is 3.07. The van der Waals surface area contributed by atoms with Crippen LogP contribution >= 0.6 is 12.6 Å². The van der Waals surface area contributed by atoms with Gasteiger partial charge in [0.05, 0.1) is 0 Å². The molecule has 1 N–H and O–H groups in total. The smallest absolute Gasteiger partial charge is 0.116 e. The molecule has 0 saturated heterocycles. The van der Waals surface area contributed by atoms with Crippen molar-refractivity contribution in [1.82, 2.24) is 0 Å². The third kappa shape index (κ3) is 1.75. The number of thiol groups is 1. The highest BCUT2D eigenvalue weighted by molar-refractivity contribution is 7.80. The summed E-state index contributed by atoms with van der Waals surface area (Å²) < 4.78 is 0. The second kappa shape index (κ2) is 3.76. The number of phenolic OH excluding ortho intramolecular Hbond substituents is 1. The number of hydrogen-bond donors (Lipinski definition) is 2. The van der Waals surface area contributed by atoms with Crippen LogP contribution in [0.3, 0.4) is 0 Å². The summed E-state index contributed by atoms with van der Waals surface area (Å²) in [5.41, 5.74) is 2.02. The van der Waals surface area contributed by atoms with E-state index in [9.17, 15) is 5.11 Å². The molecule has 14 heavy (non-hydrogen) atoms. The van der Waals surface area contributed by atoms with Crippen LogP contribution in [0, 0.1) is 0 Å². The average molecular weight is 202 g/mol. The first-order chi connectivity index (χ1) is 6.77. The molecule has 0 atom stereocenters. The molecule has 1 nitrogen and oxygen atoms in total. The Morgan fingerprint density at radius 3 is 2.43 bits per heavy atom. The Hall–Kier alpha value is -1.41. The van der Waals surface area contributed by atoms with Gasteiger partial charge in [0.2, 0.25) is 0 Å². The lowest BCUT2D eigenvalue weighted by molar-refractivity contribution is 0.475. The zero-order valence-electron chi connectivity index (χ0n) is 7.51.